The van der Waals surface area contributed by atoms with Crippen molar-refractivity contribution < 1.29 is 24.0 Å². The number of nitrogens with zero attached hydrogens (tertiary/aromatic N) is 1. The van der Waals surface area contributed by atoms with Crippen LogP contribution < -0.4 is 5.32 Å². The Labute approximate surface area is 141 Å². The number of nitro benzene ring substituents is 1. The molecule has 1 amide bonds. The van der Waals surface area contributed by atoms with Gasteiger partial charge in [0.1, 0.15) is 11.6 Å². The van der Waals surface area contributed by atoms with E-state index < -0.39 is 28.2 Å². The van der Waals surface area contributed by atoms with E-state index in [-0.39, 0.29) is 22.5 Å². The molecule has 8 heteroatoms. The fraction of sp³-hybridized carbons (Fsp3) is 0.0588. The predicted molar refractivity (Wildman–Crippen MR) is 88.5 cm³/mol. The molecule has 0 aliphatic rings. The summed E-state index contributed by atoms with van der Waals surface area (Å²) in [5.41, 5.74) is 0.270. The number of carbonyl (C=O) groups is 2. The van der Waals surface area contributed by atoms with Crippen molar-refractivity contribution in [2.24, 2.45) is 0 Å². The zero-order valence-electron chi connectivity index (χ0n) is 13.0. The van der Waals surface area contributed by atoms with Gasteiger partial charge in [0.15, 0.2) is 0 Å². The molecule has 0 spiro atoms. The molecular weight excluding hydrogens is 331 g/mol. The Morgan fingerprint density at radius 2 is 1.84 bits per heavy atom. The molecule has 0 heterocycles. The van der Waals surface area contributed by atoms with Crippen molar-refractivity contribution in [2.45, 2.75) is 6.92 Å². The lowest BCUT2D eigenvalue weighted by Gasteiger charge is -2.07. The van der Waals surface area contributed by atoms with Crippen LogP contribution in [0.4, 0.5) is 15.8 Å². The normalized spacial score (nSPS) is 11.0. The fourth-order valence-electron chi connectivity index (χ4n) is 2.03. The van der Waals surface area contributed by atoms with Crippen LogP contribution in [0, 0.1) is 22.9 Å². The van der Waals surface area contributed by atoms with Crippen LogP contribution in [0.3, 0.4) is 0 Å². The second-order valence-electron chi connectivity index (χ2n) is 5.06. The smallest absolute Gasteiger partial charge is 0.296 e. The van der Waals surface area contributed by atoms with Crippen molar-refractivity contribution in [3.63, 3.8) is 0 Å². The number of nitrogens with one attached hydrogen (secondary N) is 1. The first-order chi connectivity index (χ1) is 11.8. The summed E-state index contributed by atoms with van der Waals surface area (Å²) in [6.07, 6.45) is 0.690. The number of carbonyl (C=O) groups excluding carboxylic acids is 2. The number of anilines is 1. The van der Waals surface area contributed by atoms with Gasteiger partial charge in [0, 0.05) is 17.7 Å². The van der Waals surface area contributed by atoms with E-state index in [4.69, 9.17) is 0 Å². The van der Waals surface area contributed by atoms with Gasteiger partial charge in [0.2, 0.25) is 5.78 Å². The molecule has 0 aliphatic carbocycles. The van der Waals surface area contributed by atoms with E-state index in [1.54, 1.807) is 0 Å². The van der Waals surface area contributed by atoms with Crippen LogP contribution in [0.25, 0.3) is 5.76 Å². The molecule has 0 aromatic heterocycles. The summed E-state index contributed by atoms with van der Waals surface area (Å²) in [6.45, 7) is 1.43. The third kappa shape index (κ3) is 4.25. The van der Waals surface area contributed by atoms with Crippen LogP contribution in [0.2, 0.25) is 0 Å². The summed E-state index contributed by atoms with van der Waals surface area (Å²) in [6, 6.07) is 8.74. The Bertz CT molecular complexity index is 875. The maximum absolute atomic E-state index is 12.8. The third-order valence-corrected chi connectivity index (χ3v) is 3.38. The van der Waals surface area contributed by atoms with Crippen LogP contribution in [0.5, 0.6) is 0 Å². The van der Waals surface area contributed by atoms with Gasteiger partial charge in [-0.1, -0.05) is 6.07 Å². The molecule has 0 saturated heterocycles. The Morgan fingerprint density at radius 3 is 2.44 bits per heavy atom. The molecule has 0 atom stereocenters. The first kappa shape index (κ1) is 17.8. The second-order valence-corrected chi connectivity index (χ2v) is 5.06. The molecule has 0 bridgehead atoms. The summed E-state index contributed by atoms with van der Waals surface area (Å²) < 4.78 is 12.8. The SMILES string of the molecule is Cc1c(NC(=O)C(=O)/C=C(\O)c2ccc(F)cc2)cccc1[N+](=O)[O-]. The Morgan fingerprint density at radius 1 is 1.20 bits per heavy atom. The van der Waals surface area contributed by atoms with Gasteiger partial charge < -0.3 is 10.4 Å². The summed E-state index contributed by atoms with van der Waals surface area (Å²) in [5.74, 6) is -3.15. The number of benzene rings is 2. The van der Waals surface area contributed by atoms with Crippen LogP contribution in [-0.4, -0.2) is 21.7 Å². The van der Waals surface area contributed by atoms with E-state index in [9.17, 15) is 29.2 Å². The molecular formula is C17H13FN2O5. The number of aliphatic hydroxyl groups is 1. The van der Waals surface area contributed by atoms with Gasteiger partial charge in [-0.2, -0.15) is 0 Å². The summed E-state index contributed by atoms with van der Waals surface area (Å²) in [7, 11) is 0. The minimum absolute atomic E-state index is 0.113. The highest BCUT2D eigenvalue weighted by Crippen LogP contribution is 2.25. The lowest BCUT2D eigenvalue weighted by atomic mass is 10.1. The highest BCUT2D eigenvalue weighted by atomic mass is 19.1. The minimum Gasteiger partial charge on any atom is -0.507 e. The topological polar surface area (TPSA) is 110 Å². The molecule has 2 aromatic carbocycles. The first-order valence-electron chi connectivity index (χ1n) is 7.05. The van der Waals surface area contributed by atoms with Crippen LogP contribution in [0.1, 0.15) is 11.1 Å². The van der Waals surface area contributed by atoms with E-state index in [0.29, 0.717) is 6.08 Å². The van der Waals surface area contributed by atoms with Crippen molar-refractivity contribution in [3.05, 3.63) is 75.6 Å². The third-order valence-electron chi connectivity index (χ3n) is 3.38. The van der Waals surface area contributed by atoms with E-state index in [1.165, 1.54) is 37.3 Å². The maximum Gasteiger partial charge on any atom is 0.296 e. The number of hydrogen-bond acceptors (Lipinski definition) is 5. The fourth-order valence-corrected chi connectivity index (χ4v) is 2.03. The maximum atomic E-state index is 12.8. The quantitative estimate of drug-likeness (QED) is 0.285. The minimum atomic E-state index is -1.07. The summed E-state index contributed by atoms with van der Waals surface area (Å²) in [4.78, 5) is 34.1. The summed E-state index contributed by atoms with van der Waals surface area (Å²) >= 11 is 0. The molecule has 0 fully saturated rings. The van der Waals surface area contributed by atoms with Crippen molar-refractivity contribution in [3.8, 4) is 0 Å². The molecule has 25 heavy (non-hydrogen) atoms. The van der Waals surface area contributed by atoms with Gasteiger partial charge in [0.05, 0.1) is 16.2 Å². The van der Waals surface area contributed by atoms with E-state index in [0.717, 1.165) is 12.1 Å². The number of aliphatic hydroxyl groups excluding tert-OH is 1. The van der Waals surface area contributed by atoms with Gasteiger partial charge in [0.25, 0.3) is 11.6 Å². The van der Waals surface area contributed by atoms with Crippen molar-refractivity contribution in [1.29, 1.82) is 0 Å². The van der Waals surface area contributed by atoms with Gasteiger partial charge in [-0.15, -0.1) is 0 Å². The molecule has 0 aliphatic heterocycles. The van der Waals surface area contributed by atoms with Crippen molar-refractivity contribution in [2.75, 3.05) is 5.32 Å². The number of halogens is 1. The Kier molecular flexibility index (Phi) is 5.23. The number of nitro groups is 1. The number of hydrogen-bond donors (Lipinski definition) is 2. The van der Waals surface area contributed by atoms with Crippen LogP contribution in [0.15, 0.2) is 48.5 Å². The van der Waals surface area contributed by atoms with Crippen molar-refractivity contribution in [1.82, 2.24) is 0 Å². The highest BCUT2D eigenvalue weighted by molar-refractivity contribution is 6.45. The standard InChI is InChI=1S/C17H13FN2O5/c1-10-13(3-2-4-14(10)20(24)25)19-17(23)16(22)9-15(21)11-5-7-12(18)8-6-11/h2-9,21H,1H3,(H,19,23)/b15-9-. The molecule has 128 valence electrons. The molecule has 0 radical (unpaired) electrons. The highest BCUT2D eigenvalue weighted by Gasteiger charge is 2.18. The van der Waals surface area contributed by atoms with Crippen LogP contribution in [-0.2, 0) is 9.59 Å². The average molecular weight is 344 g/mol. The van der Waals surface area contributed by atoms with Gasteiger partial charge in [-0.05, 0) is 37.3 Å². The van der Waals surface area contributed by atoms with Gasteiger partial charge in [-0.3, -0.25) is 19.7 Å². The lowest BCUT2D eigenvalue weighted by Crippen LogP contribution is -2.21. The largest absolute Gasteiger partial charge is 0.507 e. The van der Waals surface area contributed by atoms with Gasteiger partial charge >= 0.3 is 0 Å². The molecule has 0 saturated carbocycles. The number of rotatable bonds is 5. The predicted octanol–water partition coefficient (Wildman–Crippen LogP) is 3.15. The Hall–Kier alpha value is -3.55. The second kappa shape index (κ2) is 7.35. The molecule has 0 unspecified atom stereocenters. The molecule has 2 rings (SSSR count). The van der Waals surface area contributed by atoms with Crippen LogP contribution >= 0.6 is 0 Å². The van der Waals surface area contributed by atoms with E-state index in [1.807, 2.05) is 0 Å². The molecule has 2 aromatic rings. The Balaban J connectivity index is 2.17. The van der Waals surface area contributed by atoms with Crippen molar-refractivity contribution >= 4 is 28.8 Å². The van der Waals surface area contributed by atoms with Gasteiger partial charge in [-0.25, -0.2) is 4.39 Å². The summed E-state index contributed by atoms with van der Waals surface area (Å²) in [5, 5.41) is 23.0. The van der Waals surface area contributed by atoms with E-state index in [2.05, 4.69) is 5.32 Å². The monoisotopic (exact) mass is 344 g/mol. The first-order valence-corrected chi connectivity index (χ1v) is 7.05. The average Bonchev–Trinajstić information content (AvgIpc) is 2.56. The van der Waals surface area contributed by atoms with E-state index >= 15 is 0 Å². The molecule has 2 N–H and O–H groups in total. The lowest BCUT2D eigenvalue weighted by molar-refractivity contribution is -0.385. The zero-order chi connectivity index (χ0) is 18.6. The number of ketones is 1. The number of amides is 1. The molecule has 7 nitrogen and oxygen atoms in total. The zero-order valence-corrected chi connectivity index (χ0v) is 13.0.